The van der Waals surface area contributed by atoms with E-state index in [4.69, 9.17) is 12.2 Å². The number of hydrogen-bond acceptors (Lipinski definition) is 7. The number of carbonyl (C=O) groups excluding carboxylic acids is 2. The first-order valence-corrected chi connectivity index (χ1v) is 19.7. The van der Waals surface area contributed by atoms with Crippen molar-refractivity contribution >= 4 is 45.2 Å². The lowest BCUT2D eigenvalue weighted by Gasteiger charge is -2.44. The summed E-state index contributed by atoms with van der Waals surface area (Å²) in [5, 5.41) is 15.4. The number of quaternary nitrogens is 1. The summed E-state index contributed by atoms with van der Waals surface area (Å²) in [4.78, 5) is 42.2. The smallest absolute Gasteiger partial charge is 0.321 e. The summed E-state index contributed by atoms with van der Waals surface area (Å²) in [6.07, 6.45) is 12.7. The molecular weight excluding hydrogens is 659 g/mol. The number of unbranched alkanes of at least 4 members (excludes halogenated alkanes) is 1. The predicted molar refractivity (Wildman–Crippen MR) is 194 cm³/mol. The Morgan fingerprint density at radius 1 is 1.08 bits per heavy atom. The fourth-order valence-electron chi connectivity index (χ4n) is 8.03. The molecule has 49 heavy (non-hydrogen) atoms. The van der Waals surface area contributed by atoms with Gasteiger partial charge in [0, 0.05) is 34.0 Å². The Hall–Kier alpha value is -3.51. The number of carbonyl (C=O) groups is 3. The van der Waals surface area contributed by atoms with E-state index in [1.807, 2.05) is 78.9 Å². The number of carboxylic acids is 1. The lowest BCUT2D eigenvalue weighted by atomic mass is 9.85. The van der Waals surface area contributed by atoms with Gasteiger partial charge in [0.1, 0.15) is 22.4 Å². The third kappa shape index (κ3) is 8.28. The van der Waals surface area contributed by atoms with Gasteiger partial charge in [-0.1, -0.05) is 110 Å². The molecule has 1 heterocycles. The quantitative estimate of drug-likeness (QED) is 0.138. The number of carboxylic acid groups (broad SMARTS) is 1. The van der Waals surface area contributed by atoms with Gasteiger partial charge in [-0.2, -0.15) is 0 Å². The van der Waals surface area contributed by atoms with Crippen molar-refractivity contribution in [3.8, 4) is 0 Å². The Bertz CT molecular complexity index is 1700. The molecule has 0 spiro atoms. The second-order valence-corrected chi connectivity index (χ2v) is 16.6. The third-order valence-corrected chi connectivity index (χ3v) is 12.0. The zero-order chi connectivity index (χ0) is 35.3. The predicted octanol–water partition coefficient (Wildman–Crippen LogP) is 5.68. The van der Waals surface area contributed by atoms with Crippen molar-refractivity contribution in [1.29, 1.82) is 0 Å². The number of nitrogens with zero attached hydrogens (tertiary/aromatic N) is 2. The number of benzene rings is 2. The zero-order valence-electron chi connectivity index (χ0n) is 28.4. The minimum Gasteiger partial charge on any atom is -0.480 e. The van der Waals surface area contributed by atoms with Crippen molar-refractivity contribution in [3.63, 3.8) is 0 Å². The summed E-state index contributed by atoms with van der Waals surface area (Å²) < 4.78 is 23.2. The van der Waals surface area contributed by atoms with Gasteiger partial charge in [-0.25, -0.2) is 17.7 Å². The molecule has 0 bridgehead atoms. The first-order valence-electron chi connectivity index (χ1n) is 17.1. The van der Waals surface area contributed by atoms with Gasteiger partial charge in [0.2, 0.25) is 6.17 Å². The molecule has 1 saturated heterocycles. The lowest BCUT2D eigenvalue weighted by Crippen LogP contribution is -2.56. The average Bonchev–Trinajstić information content (AvgIpc) is 3.66. The number of allylic oxidation sites excluding steroid dienone is 1. The minimum absolute atomic E-state index is 0.00357. The van der Waals surface area contributed by atoms with Crippen LogP contribution in [-0.4, -0.2) is 81.7 Å². The molecule has 1 unspecified atom stereocenters. The Balaban J connectivity index is 1.39. The third-order valence-electron chi connectivity index (χ3n) is 10.6. The van der Waals surface area contributed by atoms with Crippen molar-refractivity contribution in [2.24, 2.45) is 0 Å². The van der Waals surface area contributed by atoms with Gasteiger partial charge < -0.3 is 5.11 Å². The lowest BCUT2D eigenvalue weighted by molar-refractivity contribution is -0.890. The Morgan fingerprint density at radius 2 is 1.73 bits per heavy atom. The monoisotopic (exact) mass is 706 g/mol. The fourth-order valence-corrected chi connectivity index (χ4v) is 9.05. The van der Waals surface area contributed by atoms with Crippen molar-refractivity contribution in [2.75, 3.05) is 18.6 Å². The van der Waals surface area contributed by atoms with Crippen LogP contribution in [0.1, 0.15) is 82.0 Å². The van der Waals surface area contributed by atoms with Gasteiger partial charge in [0.15, 0.2) is 6.54 Å². The molecule has 1 aliphatic heterocycles. The molecule has 2 aromatic carbocycles. The number of nitrogens with one attached hydrogen (secondary N) is 1. The standard InChI is InChI=1S/C38H47N3O6S2/c1-29(42)41(26-31-13-5-3-6-14-31)27-34(43)40(35(41)32-15-7-4-8-16-32)38(28-48)22-17-30(18-23-38)25-33(36(44)45)39-37(19-9-10-20-37)21-11-12-24-49(2,46)47/h3-8,13-18,22,28,33,35,39H,9-12,19-21,23-27H2,1-2H3/p+1/t33-,35-,38-,41?/m0/s1. The highest BCUT2D eigenvalue weighted by Gasteiger charge is 2.60. The summed E-state index contributed by atoms with van der Waals surface area (Å²) in [5.41, 5.74) is 1.29. The van der Waals surface area contributed by atoms with Gasteiger partial charge >= 0.3 is 11.9 Å². The van der Waals surface area contributed by atoms with Gasteiger partial charge in [-0.15, -0.1) is 0 Å². The molecule has 2 amide bonds. The van der Waals surface area contributed by atoms with Crippen LogP contribution in [0.25, 0.3) is 0 Å². The molecular formula is C38H48N3O6S2+. The van der Waals surface area contributed by atoms with Crippen molar-refractivity contribution < 1.29 is 32.4 Å². The van der Waals surface area contributed by atoms with Crippen LogP contribution in [-0.2, 0) is 30.8 Å². The molecule has 4 atom stereocenters. The second kappa shape index (κ2) is 15.2. The maximum atomic E-state index is 14.2. The molecule has 2 aromatic rings. The highest BCUT2D eigenvalue weighted by Crippen LogP contribution is 2.46. The number of aliphatic carboxylic acids is 1. The topological polar surface area (TPSA) is 121 Å². The molecule has 5 rings (SSSR count). The van der Waals surface area contributed by atoms with E-state index in [-0.39, 0.29) is 40.6 Å². The summed E-state index contributed by atoms with van der Waals surface area (Å²) in [6, 6.07) is 18.5. The Morgan fingerprint density at radius 3 is 2.29 bits per heavy atom. The van der Waals surface area contributed by atoms with Gasteiger partial charge in [0.05, 0.1) is 12.5 Å². The van der Waals surface area contributed by atoms with E-state index in [0.717, 1.165) is 48.8 Å². The molecule has 11 heteroatoms. The normalized spacial score (nSPS) is 25.6. The van der Waals surface area contributed by atoms with Crippen LogP contribution in [0.4, 0.5) is 0 Å². The highest BCUT2D eigenvalue weighted by molar-refractivity contribution is 7.90. The van der Waals surface area contributed by atoms with Crippen LogP contribution in [0.15, 0.2) is 84.5 Å². The van der Waals surface area contributed by atoms with E-state index in [2.05, 4.69) is 5.32 Å². The molecule has 9 nitrogen and oxygen atoms in total. The fraction of sp³-hybridized carbons (Fsp3) is 0.474. The van der Waals surface area contributed by atoms with Crippen LogP contribution >= 0.6 is 12.2 Å². The summed E-state index contributed by atoms with van der Waals surface area (Å²) in [6.45, 7) is 1.89. The van der Waals surface area contributed by atoms with E-state index in [0.29, 0.717) is 25.8 Å². The van der Waals surface area contributed by atoms with E-state index in [1.165, 1.54) is 6.26 Å². The van der Waals surface area contributed by atoms with Crippen molar-refractivity contribution in [3.05, 3.63) is 95.6 Å². The van der Waals surface area contributed by atoms with Crippen LogP contribution in [0.2, 0.25) is 0 Å². The Labute approximate surface area is 295 Å². The first kappa shape index (κ1) is 36.8. The van der Waals surface area contributed by atoms with E-state index >= 15 is 0 Å². The summed E-state index contributed by atoms with van der Waals surface area (Å²) in [5.74, 6) is -1.09. The zero-order valence-corrected chi connectivity index (χ0v) is 30.1. The van der Waals surface area contributed by atoms with E-state index in [1.54, 1.807) is 17.2 Å². The van der Waals surface area contributed by atoms with Gasteiger partial charge in [-0.3, -0.25) is 19.8 Å². The van der Waals surface area contributed by atoms with Gasteiger partial charge in [-0.05, 0) is 44.1 Å². The van der Waals surface area contributed by atoms with E-state index in [9.17, 15) is 27.9 Å². The minimum atomic E-state index is -3.04. The second-order valence-electron chi connectivity index (χ2n) is 14.1. The number of amides is 2. The molecule has 0 aromatic heterocycles. The largest absolute Gasteiger partial charge is 0.480 e. The SMILES string of the molecule is CC(=O)[N+]1(Cc2ccccc2)CC(=O)N([C@@]2(C=S)C=CC(C[C@H](NC3(CCCCS(C)(=O)=O)CCCC3)C(=O)O)=CC2)[C@@H]1c1ccccc1. The maximum absolute atomic E-state index is 14.2. The molecule has 0 radical (unpaired) electrons. The average molecular weight is 707 g/mol. The highest BCUT2D eigenvalue weighted by atomic mass is 32.2. The number of thiocarbonyl (C=S) groups is 1. The molecule has 1 saturated carbocycles. The number of rotatable bonds is 15. The van der Waals surface area contributed by atoms with Gasteiger partial charge in [0.25, 0.3) is 5.91 Å². The van der Waals surface area contributed by atoms with Crippen LogP contribution in [0.5, 0.6) is 0 Å². The number of sulfone groups is 1. The summed E-state index contributed by atoms with van der Waals surface area (Å²) in [7, 11) is -3.04. The molecule has 2 N–H and O–H groups in total. The first-order chi connectivity index (χ1) is 23.3. The van der Waals surface area contributed by atoms with Crippen LogP contribution in [0, 0.1) is 0 Å². The van der Waals surface area contributed by atoms with Crippen LogP contribution < -0.4 is 5.32 Å². The molecule has 2 aliphatic carbocycles. The molecule has 262 valence electrons. The summed E-state index contributed by atoms with van der Waals surface area (Å²) >= 11 is 5.66. The van der Waals surface area contributed by atoms with E-state index < -0.39 is 33.6 Å². The Kier molecular flexibility index (Phi) is 11.4. The number of hydrogen-bond donors (Lipinski definition) is 2. The molecule has 2 fully saturated rings. The van der Waals surface area contributed by atoms with Crippen molar-refractivity contribution in [2.45, 2.75) is 94.5 Å². The van der Waals surface area contributed by atoms with Crippen LogP contribution in [0.3, 0.4) is 0 Å². The molecule has 3 aliphatic rings. The maximum Gasteiger partial charge on any atom is 0.321 e. The van der Waals surface area contributed by atoms with Crippen molar-refractivity contribution in [1.82, 2.24) is 10.2 Å².